The van der Waals surface area contributed by atoms with Gasteiger partial charge < -0.3 is 15.0 Å². The van der Waals surface area contributed by atoms with Gasteiger partial charge in [-0.1, -0.05) is 0 Å². The van der Waals surface area contributed by atoms with E-state index in [1.165, 1.54) is 6.42 Å². The Labute approximate surface area is 160 Å². The fourth-order valence-electron chi connectivity index (χ4n) is 7.22. The normalized spacial score (nSPS) is 38.3. The first-order valence-electron chi connectivity index (χ1n) is 10.6. The van der Waals surface area contributed by atoms with Crippen LogP contribution in [-0.4, -0.2) is 39.6 Å². The number of aromatic nitrogens is 1. The first-order valence-corrected chi connectivity index (χ1v) is 10.6. The summed E-state index contributed by atoms with van der Waals surface area (Å²) in [5.41, 5.74) is 0.608. The zero-order valence-corrected chi connectivity index (χ0v) is 16.0. The molecule has 1 aromatic heterocycles. The minimum atomic E-state index is -0.488. The Kier molecular flexibility index (Phi) is 4.01. The number of hydrogen-bond donors (Lipinski definition) is 2. The maximum atomic E-state index is 13.1. The van der Waals surface area contributed by atoms with Crippen LogP contribution in [-0.2, 0) is 4.79 Å². The van der Waals surface area contributed by atoms with E-state index in [4.69, 9.17) is 0 Å². The molecule has 2 N–H and O–H groups in total. The minimum absolute atomic E-state index is 0.0502. The van der Waals surface area contributed by atoms with Crippen LogP contribution in [0.15, 0.2) is 23.1 Å². The smallest absolute Gasteiger partial charge is 0.248 e. The highest BCUT2D eigenvalue weighted by atomic mass is 16.3. The number of amides is 1. The molecule has 1 aliphatic heterocycles. The van der Waals surface area contributed by atoms with E-state index >= 15 is 0 Å². The lowest BCUT2D eigenvalue weighted by molar-refractivity contribution is -0.172. The summed E-state index contributed by atoms with van der Waals surface area (Å²) in [6, 6.07) is 3.68. The summed E-state index contributed by atoms with van der Waals surface area (Å²) in [7, 11) is 0. The van der Waals surface area contributed by atoms with Gasteiger partial charge in [0.15, 0.2) is 0 Å². The summed E-state index contributed by atoms with van der Waals surface area (Å²) >= 11 is 0. The maximum Gasteiger partial charge on any atom is 0.248 e. The van der Waals surface area contributed by atoms with Crippen molar-refractivity contribution in [3.63, 3.8) is 0 Å². The van der Waals surface area contributed by atoms with Crippen LogP contribution in [0, 0.1) is 17.3 Å². The van der Waals surface area contributed by atoms with Crippen LogP contribution >= 0.6 is 0 Å². The summed E-state index contributed by atoms with van der Waals surface area (Å²) in [5, 5.41) is 10.9. The van der Waals surface area contributed by atoms with Crippen molar-refractivity contribution in [3.05, 3.63) is 34.2 Å². The quantitative estimate of drug-likeness (QED) is 0.859. The predicted molar refractivity (Wildman–Crippen MR) is 102 cm³/mol. The molecule has 6 rings (SSSR count). The van der Waals surface area contributed by atoms with E-state index in [0.29, 0.717) is 24.2 Å². The standard InChI is InChI=1S/C22H30N2O3/c25-19-8-18(1-4-23-19)17-2-5-24(6-3-17)20(26)13-21-9-15-7-16(10-21)12-22(27,11-15)14-21/h1,4,8,15-17,27H,2-3,5-7,9-14H2,(H,23,25). The molecule has 1 saturated heterocycles. The molecule has 5 fully saturated rings. The lowest BCUT2D eigenvalue weighted by Crippen LogP contribution is -2.56. The van der Waals surface area contributed by atoms with Crippen LogP contribution < -0.4 is 5.56 Å². The topological polar surface area (TPSA) is 73.4 Å². The SMILES string of the molecule is O=C(CC12CC3CC(CC(O)(C3)C1)C2)N1CCC(c2cc[nH]c(=O)c2)CC1. The van der Waals surface area contributed by atoms with E-state index in [2.05, 4.69) is 4.98 Å². The molecule has 27 heavy (non-hydrogen) atoms. The second-order valence-electron chi connectivity index (χ2n) is 10.0. The molecule has 0 aromatic carbocycles. The molecular formula is C22H30N2O3. The Bertz CT molecular complexity index is 779. The average Bonchev–Trinajstić information content (AvgIpc) is 2.59. The van der Waals surface area contributed by atoms with Gasteiger partial charge in [-0.25, -0.2) is 0 Å². The summed E-state index contributed by atoms with van der Waals surface area (Å²) < 4.78 is 0. The molecule has 4 saturated carbocycles. The Morgan fingerprint density at radius 2 is 1.89 bits per heavy atom. The largest absolute Gasteiger partial charge is 0.390 e. The van der Waals surface area contributed by atoms with Crippen molar-refractivity contribution in [2.45, 2.75) is 69.3 Å². The number of H-pyrrole nitrogens is 1. The van der Waals surface area contributed by atoms with Gasteiger partial charge in [0.05, 0.1) is 5.60 Å². The van der Waals surface area contributed by atoms with Gasteiger partial charge in [-0.05, 0) is 86.2 Å². The molecule has 4 bridgehead atoms. The second-order valence-corrected chi connectivity index (χ2v) is 10.0. The van der Waals surface area contributed by atoms with Crippen molar-refractivity contribution in [1.29, 1.82) is 0 Å². The van der Waals surface area contributed by atoms with Gasteiger partial charge in [-0.2, -0.15) is 0 Å². The van der Waals surface area contributed by atoms with Crippen LogP contribution in [0.2, 0.25) is 0 Å². The molecule has 5 nitrogen and oxygen atoms in total. The summed E-state index contributed by atoms with van der Waals surface area (Å²) in [5.74, 6) is 1.92. The van der Waals surface area contributed by atoms with Crippen LogP contribution in [0.5, 0.6) is 0 Å². The number of rotatable bonds is 3. The third kappa shape index (κ3) is 3.24. The van der Waals surface area contributed by atoms with Crippen molar-refractivity contribution < 1.29 is 9.90 Å². The van der Waals surface area contributed by atoms with Crippen molar-refractivity contribution in [2.24, 2.45) is 17.3 Å². The molecule has 0 radical (unpaired) electrons. The monoisotopic (exact) mass is 370 g/mol. The Morgan fingerprint density at radius 1 is 1.19 bits per heavy atom. The Hall–Kier alpha value is -1.62. The lowest BCUT2D eigenvalue weighted by atomic mass is 9.47. The van der Waals surface area contributed by atoms with Crippen molar-refractivity contribution in [3.8, 4) is 0 Å². The highest BCUT2D eigenvalue weighted by Gasteiger charge is 2.57. The van der Waals surface area contributed by atoms with Crippen molar-refractivity contribution in [2.75, 3.05) is 13.1 Å². The molecule has 2 unspecified atom stereocenters. The first-order chi connectivity index (χ1) is 12.9. The van der Waals surface area contributed by atoms with Gasteiger partial charge in [-0.15, -0.1) is 0 Å². The highest BCUT2D eigenvalue weighted by Crippen LogP contribution is 2.62. The van der Waals surface area contributed by atoms with E-state index < -0.39 is 5.60 Å². The van der Waals surface area contributed by atoms with E-state index in [1.54, 1.807) is 12.3 Å². The predicted octanol–water partition coefficient (Wildman–Crippen LogP) is 2.80. The maximum absolute atomic E-state index is 13.1. The average molecular weight is 370 g/mol. The summed E-state index contributed by atoms with van der Waals surface area (Å²) in [6.07, 6.45) is 10.5. The van der Waals surface area contributed by atoms with E-state index in [-0.39, 0.29) is 16.9 Å². The van der Waals surface area contributed by atoms with E-state index in [0.717, 1.165) is 63.6 Å². The third-order valence-corrected chi connectivity index (χ3v) is 7.80. The van der Waals surface area contributed by atoms with Crippen LogP contribution in [0.4, 0.5) is 0 Å². The zero-order valence-electron chi connectivity index (χ0n) is 16.0. The van der Waals surface area contributed by atoms with E-state index in [9.17, 15) is 14.7 Å². The first kappa shape index (κ1) is 17.5. The van der Waals surface area contributed by atoms with Gasteiger partial charge in [0.25, 0.3) is 0 Å². The zero-order chi connectivity index (χ0) is 18.6. The van der Waals surface area contributed by atoms with Crippen molar-refractivity contribution >= 4 is 5.91 Å². The van der Waals surface area contributed by atoms with Gasteiger partial charge >= 0.3 is 0 Å². The number of carbonyl (C=O) groups is 1. The van der Waals surface area contributed by atoms with Crippen LogP contribution in [0.1, 0.15) is 69.3 Å². The molecular weight excluding hydrogens is 340 g/mol. The number of likely N-dealkylation sites (tertiary alicyclic amines) is 1. The van der Waals surface area contributed by atoms with E-state index in [1.807, 2.05) is 11.0 Å². The minimum Gasteiger partial charge on any atom is -0.390 e. The Morgan fingerprint density at radius 3 is 2.52 bits per heavy atom. The molecule has 146 valence electrons. The molecule has 4 aliphatic carbocycles. The number of nitrogens with zero attached hydrogens (tertiary/aromatic N) is 1. The molecule has 0 spiro atoms. The third-order valence-electron chi connectivity index (χ3n) is 7.80. The van der Waals surface area contributed by atoms with Gasteiger partial charge in [0, 0.05) is 31.8 Å². The molecule has 1 aromatic rings. The van der Waals surface area contributed by atoms with Gasteiger partial charge in [0.1, 0.15) is 0 Å². The molecule has 2 atom stereocenters. The number of aliphatic hydroxyl groups is 1. The van der Waals surface area contributed by atoms with Gasteiger partial charge in [-0.3, -0.25) is 9.59 Å². The highest BCUT2D eigenvalue weighted by molar-refractivity contribution is 5.77. The lowest BCUT2D eigenvalue weighted by Gasteiger charge is -2.60. The van der Waals surface area contributed by atoms with Crippen LogP contribution in [0.25, 0.3) is 0 Å². The number of pyridine rings is 1. The summed E-state index contributed by atoms with van der Waals surface area (Å²) in [4.78, 5) is 29.3. The fraction of sp³-hybridized carbons (Fsp3) is 0.727. The number of aromatic amines is 1. The molecule has 2 heterocycles. The molecule has 1 amide bonds. The Balaban J connectivity index is 1.22. The second kappa shape index (κ2) is 6.20. The summed E-state index contributed by atoms with van der Waals surface area (Å²) in [6.45, 7) is 1.56. The number of piperidine rings is 1. The molecule has 5 heteroatoms. The van der Waals surface area contributed by atoms with Gasteiger partial charge in [0.2, 0.25) is 11.5 Å². The number of carbonyl (C=O) groups excluding carboxylic acids is 1. The van der Waals surface area contributed by atoms with Crippen LogP contribution in [0.3, 0.4) is 0 Å². The van der Waals surface area contributed by atoms with Crippen molar-refractivity contribution in [1.82, 2.24) is 9.88 Å². The fourth-order valence-corrected chi connectivity index (χ4v) is 7.22. The number of nitrogens with one attached hydrogen (secondary N) is 1. The number of hydrogen-bond acceptors (Lipinski definition) is 3. The molecule has 5 aliphatic rings.